The van der Waals surface area contributed by atoms with Crippen molar-refractivity contribution in [2.75, 3.05) is 38.5 Å². The van der Waals surface area contributed by atoms with Crippen LogP contribution in [-0.2, 0) is 11.2 Å². The molecule has 7 nitrogen and oxygen atoms in total. The van der Waals surface area contributed by atoms with Crippen LogP contribution < -0.4 is 11.1 Å². The van der Waals surface area contributed by atoms with E-state index in [0.717, 1.165) is 38.2 Å². The topological polar surface area (TPSA) is 96.3 Å². The van der Waals surface area contributed by atoms with Gasteiger partial charge in [0.25, 0.3) is 5.91 Å². The van der Waals surface area contributed by atoms with Gasteiger partial charge in [-0.2, -0.15) is 5.10 Å². The number of likely N-dealkylation sites (N-methyl/N-ethyl adjacent to an activating group) is 1. The molecule has 0 bridgehead atoms. The Morgan fingerprint density at radius 2 is 2.38 bits per heavy atom. The number of H-pyrrole nitrogens is 1. The van der Waals surface area contributed by atoms with Gasteiger partial charge in [0.1, 0.15) is 0 Å². The van der Waals surface area contributed by atoms with Crippen molar-refractivity contribution in [1.29, 1.82) is 0 Å². The molecule has 4 N–H and O–H groups in total. The van der Waals surface area contributed by atoms with E-state index in [2.05, 4.69) is 34.3 Å². The van der Waals surface area contributed by atoms with Crippen LogP contribution in [0.4, 0.5) is 5.69 Å². The smallest absolute Gasteiger partial charge is 0.274 e. The molecule has 21 heavy (non-hydrogen) atoms. The van der Waals surface area contributed by atoms with E-state index in [9.17, 15) is 4.79 Å². The number of aryl methyl sites for hydroxylation is 1. The normalized spacial score (nSPS) is 19.6. The third-order valence-electron chi connectivity index (χ3n) is 3.76. The van der Waals surface area contributed by atoms with E-state index in [1.165, 1.54) is 0 Å². The van der Waals surface area contributed by atoms with Crippen LogP contribution in [0.3, 0.4) is 0 Å². The standard InChI is InChI=1S/C14H25N5O2/c1-3-5-11-12(15)13(18-17-11)14(20)16-8-10-9-19(4-2)6-7-21-10/h10H,3-9,15H2,1-2H3,(H,16,20)(H,17,18). The number of morpholine rings is 1. The van der Waals surface area contributed by atoms with Crippen molar-refractivity contribution >= 4 is 11.6 Å². The first-order valence-corrected chi connectivity index (χ1v) is 7.60. The summed E-state index contributed by atoms with van der Waals surface area (Å²) in [5.41, 5.74) is 7.51. The van der Waals surface area contributed by atoms with Crippen LogP contribution in [0.25, 0.3) is 0 Å². The highest BCUT2D eigenvalue weighted by atomic mass is 16.5. The molecule has 118 valence electrons. The molecule has 0 radical (unpaired) electrons. The van der Waals surface area contributed by atoms with Gasteiger partial charge in [0.15, 0.2) is 5.69 Å². The van der Waals surface area contributed by atoms with Crippen LogP contribution in [0, 0.1) is 0 Å². The van der Waals surface area contributed by atoms with Crippen molar-refractivity contribution in [3.8, 4) is 0 Å². The Morgan fingerprint density at radius 1 is 1.57 bits per heavy atom. The minimum Gasteiger partial charge on any atom is -0.395 e. The second kappa shape index (κ2) is 7.42. The van der Waals surface area contributed by atoms with Gasteiger partial charge in [-0.3, -0.25) is 14.8 Å². The fraction of sp³-hybridized carbons (Fsp3) is 0.714. The average Bonchev–Trinajstić information content (AvgIpc) is 2.87. The highest BCUT2D eigenvalue weighted by Crippen LogP contribution is 2.15. The van der Waals surface area contributed by atoms with Crippen molar-refractivity contribution in [2.24, 2.45) is 0 Å². The zero-order valence-electron chi connectivity index (χ0n) is 12.8. The van der Waals surface area contributed by atoms with Gasteiger partial charge in [-0.05, 0) is 13.0 Å². The molecule has 1 aromatic heterocycles. The Bertz CT molecular complexity index is 474. The monoisotopic (exact) mass is 295 g/mol. The lowest BCUT2D eigenvalue weighted by Gasteiger charge is -2.32. The van der Waals surface area contributed by atoms with E-state index in [0.29, 0.717) is 18.8 Å². The van der Waals surface area contributed by atoms with E-state index in [1.54, 1.807) is 0 Å². The fourth-order valence-corrected chi connectivity index (χ4v) is 2.48. The maximum Gasteiger partial charge on any atom is 0.274 e. The van der Waals surface area contributed by atoms with Crippen LogP contribution >= 0.6 is 0 Å². The Balaban J connectivity index is 1.87. The van der Waals surface area contributed by atoms with Crippen molar-refractivity contribution in [3.05, 3.63) is 11.4 Å². The molecule has 2 heterocycles. The number of rotatable bonds is 6. The maximum absolute atomic E-state index is 12.1. The zero-order chi connectivity index (χ0) is 15.2. The molecule has 0 aromatic carbocycles. The van der Waals surface area contributed by atoms with Gasteiger partial charge >= 0.3 is 0 Å². The van der Waals surface area contributed by atoms with Crippen molar-refractivity contribution in [3.63, 3.8) is 0 Å². The number of nitrogens with zero attached hydrogens (tertiary/aromatic N) is 2. The summed E-state index contributed by atoms with van der Waals surface area (Å²) in [6.45, 7) is 8.16. The first-order valence-electron chi connectivity index (χ1n) is 7.60. The van der Waals surface area contributed by atoms with Crippen LogP contribution in [-0.4, -0.2) is 59.9 Å². The summed E-state index contributed by atoms with van der Waals surface area (Å²) >= 11 is 0. The molecule has 1 aliphatic rings. The molecule has 1 amide bonds. The lowest BCUT2D eigenvalue weighted by Crippen LogP contribution is -2.47. The molecule has 1 aromatic rings. The second-order valence-electron chi connectivity index (χ2n) is 5.31. The summed E-state index contributed by atoms with van der Waals surface area (Å²) in [5, 5.41) is 9.71. The number of amides is 1. The molecular weight excluding hydrogens is 270 g/mol. The van der Waals surface area contributed by atoms with E-state index in [4.69, 9.17) is 10.5 Å². The summed E-state index contributed by atoms with van der Waals surface area (Å²) in [6.07, 6.45) is 1.78. The second-order valence-corrected chi connectivity index (χ2v) is 5.31. The molecule has 7 heteroatoms. The van der Waals surface area contributed by atoms with Crippen LogP contribution in [0.5, 0.6) is 0 Å². The number of carbonyl (C=O) groups excluding carboxylic acids is 1. The van der Waals surface area contributed by atoms with Crippen molar-refractivity contribution in [1.82, 2.24) is 20.4 Å². The largest absolute Gasteiger partial charge is 0.395 e. The molecule has 0 spiro atoms. The number of hydrogen-bond acceptors (Lipinski definition) is 5. The third kappa shape index (κ3) is 3.95. The van der Waals surface area contributed by atoms with Crippen LogP contribution in [0.1, 0.15) is 36.5 Å². The molecular formula is C14H25N5O2. The molecule has 2 rings (SSSR count). The van der Waals surface area contributed by atoms with Gasteiger partial charge in [-0.1, -0.05) is 20.3 Å². The summed E-state index contributed by atoms with van der Waals surface area (Å²) in [7, 11) is 0. The third-order valence-corrected chi connectivity index (χ3v) is 3.76. The Hall–Kier alpha value is -1.60. The fourth-order valence-electron chi connectivity index (χ4n) is 2.48. The Morgan fingerprint density at radius 3 is 3.10 bits per heavy atom. The molecule has 1 atom stereocenters. The van der Waals surface area contributed by atoms with E-state index < -0.39 is 0 Å². The minimum atomic E-state index is -0.247. The van der Waals surface area contributed by atoms with E-state index in [1.807, 2.05) is 0 Å². The van der Waals surface area contributed by atoms with Crippen LogP contribution in [0.2, 0.25) is 0 Å². The first-order chi connectivity index (χ1) is 10.2. The van der Waals surface area contributed by atoms with Gasteiger partial charge in [-0.15, -0.1) is 0 Å². The zero-order valence-corrected chi connectivity index (χ0v) is 12.8. The Labute approximate surface area is 125 Å². The number of carbonyl (C=O) groups is 1. The van der Waals surface area contributed by atoms with Crippen LogP contribution in [0.15, 0.2) is 0 Å². The summed E-state index contributed by atoms with van der Waals surface area (Å²) in [4.78, 5) is 14.4. The molecule has 1 unspecified atom stereocenters. The van der Waals surface area contributed by atoms with Gasteiger partial charge in [0.2, 0.25) is 0 Å². The summed E-state index contributed by atoms with van der Waals surface area (Å²) in [6, 6.07) is 0. The molecule has 1 aliphatic heterocycles. The van der Waals surface area contributed by atoms with Gasteiger partial charge in [0.05, 0.1) is 24.1 Å². The average molecular weight is 295 g/mol. The van der Waals surface area contributed by atoms with Crippen molar-refractivity contribution < 1.29 is 9.53 Å². The Kier molecular flexibility index (Phi) is 5.58. The number of nitrogens with one attached hydrogen (secondary N) is 2. The predicted molar refractivity (Wildman–Crippen MR) is 81.2 cm³/mol. The highest BCUT2D eigenvalue weighted by Gasteiger charge is 2.22. The number of anilines is 1. The number of ether oxygens (including phenoxy) is 1. The van der Waals surface area contributed by atoms with Crippen molar-refractivity contribution in [2.45, 2.75) is 32.8 Å². The van der Waals surface area contributed by atoms with Gasteiger partial charge < -0.3 is 15.8 Å². The molecule has 1 fully saturated rings. The van der Waals surface area contributed by atoms with Gasteiger partial charge in [0, 0.05) is 19.6 Å². The minimum absolute atomic E-state index is 0.0259. The number of hydrogen-bond donors (Lipinski definition) is 3. The molecule has 0 saturated carbocycles. The molecule has 0 aliphatic carbocycles. The maximum atomic E-state index is 12.1. The van der Waals surface area contributed by atoms with E-state index >= 15 is 0 Å². The number of nitrogens with two attached hydrogens (primary N) is 1. The first kappa shape index (κ1) is 15.8. The number of nitrogen functional groups attached to an aromatic ring is 1. The molecule has 1 saturated heterocycles. The lowest BCUT2D eigenvalue weighted by atomic mass is 10.2. The number of aromatic amines is 1. The highest BCUT2D eigenvalue weighted by molar-refractivity contribution is 5.97. The lowest BCUT2D eigenvalue weighted by molar-refractivity contribution is -0.0246. The predicted octanol–water partition coefficient (Wildman–Crippen LogP) is 0.395. The summed E-state index contributed by atoms with van der Waals surface area (Å²) in [5.74, 6) is -0.247. The quantitative estimate of drug-likeness (QED) is 0.706. The number of aromatic nitrogens is 2. The SMILES string of the molecule is CCCc1[nH]nc(C(=O)NCC2CN(CC)CCO2)c1N. The summed E-state index contributed by atoms with van der Waals surface area (Å²) < 4.78 is 5.65. The van der Waals surface area contributed by atoms with E-state index in [-0.39, 0.29) is 17.7 Å². The van der Waals surface area contributed by atoms with Gasteiger partial charge in [-0.25, -0.2) is 0 Å².